The Kier molecular flexibility index (Phi) is 4.96. The van der Waals surface area contributed by atoms with E-state index in [4.69, 9.17) is 27.9 Å². The number of fused-ring (bicyclic) bond motifs is 3. The smallest absolute Gasteiger partial charge is 0.247 e. The Morgan fingerprint density at radius 3 is 2.65 bits per heavy atom. The normalized spacial score (nSPS) is 15.3. The molecular weight excluding hydrogens is 459 g/mol. The highest BCUT2D eigenvalue weighted by molar-refractivity contribution is 9.10. The molecule has 3 aromatic rings. The molecule has 2 aromatic carbocycles. The summed E-state index contributed by atoms with van der Waals surface area (Å²) < 4.78 is 7.06. The first kappa shape index (κ1) is 17.9. The van der Waals surface area contributed by atoms with Crippen LogP contribution in [-0.2, 0) is 0 Å². The van der Waals surface area contributed by atoms with Crippen molar-refractivity contribution >= 4 is 56.6 Å². The van der Waals surface area contributed by atoms with E-state index in [1.165, 1.54) is 11.8 Å². The first-order valence-corrected chi connectivity index (χ1v) is 10.3. The van der Waals surface area contributed by atoms with E-state index in [0.29, 0.717) is 32.3 Å². The molecule has 132 valence electrons. The van der Waals surface area contributed by atoms with Crippen LogP contribution in [0, 0.1) is 0 Å². The molecule has 9 heteroatoms. The highest BCUT2D eigenvalue weighted by atomic mass is 79.9. The van der Waals surface area contributed by atoms with Crippen LogP contribution in [0.25, 0.3) is 11.3 Å². The molecule has 0 aliphatic carbocycles. The Morgan fingerprint density at radius 1 is 1.15 bits per heavy atom. The van der Waals surface area contributed by atoms with E-state index < -0.39 is 6.23 Å². The summed E-state index contributed by atoms with van der Waals surface area (Å²) >= 11 is 17.7. The van der Waals surface area contributed by atoms with Gasteiger partial charge in [-0.25, -0.2) is 0 Å². The molecule has 0 fully saturated rings. The zero-order valence-electron chi connectivity index (χ0n) is 13.3. The van der Waals surface area contributed by atoms with Gasteiger partial charge in [0.1, 0.15) is 0 Å². The molecule has 0 spiro atoms. The third-order valence-corrected chi connectivity index (χ3v) is 5.52. The molecular formula is C17H11BrCl2N4OS. The summed E-state index contributed by atoms with van der Waals surface area (Å²) in [6.07, 6.45) is 1.26. The lowest BCUT2D eigenvalue weighted by Gasteiger charge is -2.21. The summed E-state index contributed by atoms with van der Waals surface area (Å²) in [5, 5.41) is 13.3. The van der Waals surface area contributed by atoms with Crippen LogP contribution in [0.2, 0.25) is 10.0 Å². The van der Waals surface area contributed by atoms with Crippen LogP contribution in [0.15, 0.2) is 46.0 Å². The van der Waals surface area contributed by atoms with Crippen LogP contribution in [0.1, 0.15) is 11.8 Å². The maximum Gasteiger partial charge on any atom is 0.247 e. The number of anilines is 1. The van der Waals surface area contributed by atoms with Crippen LogP contribution in [-0.4, -0.2) is 21.4 Å². The number of hydrogen-bond acceptors (Lipinski definition) is 6. The minimum absolute atomic E-state index is 0.370. The monoisotopic (exact) mass is 468 g/mol. The number of benzene rings is 2. The largest absolute Gasteiger partial charge is 0.448 e. The molecule has 26 heavy (non-hydrogen) atoms. The van der Waals surface area contributed by atoms with Gasteiger partial charge < -0.3 is 10.1 Å². The number of aromatic nitrogens is 3. The zero-order valence-corrected chi connectivity index (χ0v) is 17.2. The van der Waals surface area contributed by atoms with E-state index in [-0.39, 0.29) is 0 Å². The first-order chi connectivity index (χ1) is 12.6. The standard InChI is InChI=1S/C17H11BrCl2N4OS/c1-26-17-22-16-14(23-24-17)9-7-8(18)5-6-12(9)21-15(25-16)13-10(19)3-2-4-11(13)20/h2-7,15,21H,1H3. The fraction of sp³-hybridized carbons (Fsp3) is 0.118. The summed E-state index contributed by atoms with van der Waals surface area (Å²) in [6, 6.07) is 11.1. The van der Waals surface area contributed by atoms with E-state index in [2.05, 4.69) is 36.4 Å². The van der Waals surface area contributed by atoms with Crippen LogP contribution in [0.5, 0.6) is 5.88 Å². The van der Waals surface area contributed by atoms with Gasteiger partial charge in [0.15, 0.2) is 5.69 Å². The van der Waals surface area contributed by atoms with E-state index in [0.717, 1.165) is 15.7 Å². The van der Waals surface area contributed by atoms with Crippen molar-refractivity contribution in [2.24, 2.45) is 0 Å². The van der Waals surface area contributed by atoms with E-state index in [1.807, 2.05) is 24.5 Å². The first-order valence-electron chi connectivity index (χ1n) is 7.52. The molecule has 4 rings (SSSR count). The molecule has 0 bridgehead atoms. The average Bonchev–Trinajstić information content (AvgIpc) is 2.77. The van der Waals surface area contributed by atoms with Gasteiger partial charge in [0.25, 0.3) is 0 Å². The second-order valence-electron chi connectivity index (χ2n) is 5.42. The van der Waals surface area contributed by atoms with Gasteiger partial charge in [0.05, 0.1) is 15.6 Å². The van der Waals surface area contributed by atoms with Gasteiger partial charge in [-0.2, -0.15) is 4.98 Å². The number of rotatable bonds is 2. The van der Waals surface area contributed by atoms with Gasteiger partial charge in [0, 0.05) is 15.7 Å². The zero-order chi connectivity index (χ0) is 18.3. The second kappa shape index (κ2) is 7.23. The summed E-state index contributed by atoms with van der Waals surface area (Å²) in [6.45, 7) is 0. The minimum Gasteiger partial charge on any atom is -0.448 e. The SMILES string of the molecule is CSc1nnc2c(n1)OC(c1c(Cl)cccc1Cl)Nc1ccc(Br)cc1-2. The maximum absolute atomic E-state index is 6.39. The predicted molar refractivity (Wildman–Crippen MR) is 108 cm³/mol. The highest BCUT2D eigenvalue weighted by Gasteiger charge is 2.28. The summed E-state index contributed by atoms with van der Waals surface area (Å²) in [5.74, 6) is 0.370. The van der Waals surface area contributed by atoms with Gasteiger partial charge in [-0.1, -0.05) is 57.0 Å². The molecule has 0 saturated heterocycles. The van der Waals surface area contributed by atoms with Crippen LogP contribution in [0.4, 0.5) is 5.69 Å². The van der Waals surface area contributed by atoms with E-state index >= 15 is 0 Å². The van der Waals surface area contributed by atoms with Gasteiger partial charge >= 0.3 is 0 Å². The van der Waals surface area contributed by atoms with Crippen LogP contribution >= 0.6 is 50.9 Å². The third-order valence-electron chi connectivity index (χ3n) is 3.83. The molecule has 1 aliphatic heterocycles. The molecule has 0 amide bonds. The van der Waals surface area contributed by atoms with Crippen molar-refractivity contribution in [2.45, 2.75) is 11.4 Å². The van der Waals surface area contributed by atoms with Crippen molar-refractivity contribution in [2.75, 3.05) is 11.6 Å². The van der Waals surface area contributed by atoms with Gasteiger partial charge in [-0.05, 0) is 36.6 Å². The Hall–Kier alpha value is -1.54. The highest BCUT2D eigenvalue weighted by Crippen LogP contribution is 2.43. The van der Waals surface area contributed by atoms with E-state index in [1.54, 1.807) is 18.2 Å². The third kappa shape index (κ3) is 3.24. The Labute approximate surface area is 172 Å². The molecule has 1 aliphatic rings. The van der Waals surface area contributed by atoms with Crippen molar-refractivity contribution in [3.8, 4) is 17.1 Å². The number of thioether (sulfide) groups is 1. The Morgan fingerprint density at radius 2 is 1.92 bits per heavy atom. The average molecular weight is 470 g/mol. The molecule has 5 nitrogen and oxygen atoms in total. The van der Waals surface area contributed by atoms with Crippen LogP contribution < -0.4 is 10.1 Å². The number of hydrogen-bond donors (Lipinski definition) is 1. The predicted octanol–water partition coefficient (Wildman–Crippen LogP) is 5.83. The fourth-order valence-corrected chi connectivity index (χ4v) is 3.90. The lowest BCUT2D eigenvalue weighted by Crippen LogP contribution is -2.18. The number of halogens is 3. The molecule has 1 atom stereocenters. The lowest BCUT2D eigenvalue weighted by molar-refractivity contribution is 0.225. The molecule has 0 radical (unpaired) electrons. The number of ether oxygens (including phenoxy) is 1. The van der Waals surface area contributed by atoms with Crippen molar-refractivity contribution in [1.29, 1.82) is 0 Å². The van der Waals surface area contributed by atoms with Gasteiger partial charge in [0.2, 0.25) is 17.3 Å². The Bertz CT molecular complexity index is 984. The quantitative estimate of drug-likeness (QED) is 0.476. The van der Waals surface area contributed by atoms with Crippen molar-refractivity contribution in [3.63, 3.8) is 0 Å². The number of nitrogens with zero attached hydrogens (tertiary/aromatic N) is 3. The maximum atomic E-state index is 6.39. The molecule has 2 heterocycles. The summed E-state index contributed by atoms with van der Waals surface area (Å²) in [7, 11) is 0. The van der Waals surface area contributed by atoms with Crippen molar-refractivity contribution in [3.05, 3.63) is 56.5 Å². The molecule has 1 unspecified atom stereocenters. The fourth-order valence-electron chi connectivity index (χ4n) is 2.65. The van der Waals surface area contributed by atoms with E-state index in [9.17, 15) is 0 Å². The van der Waals surface area contributed by atoms with Gasteiger partial charge in [-0.3, -0.25) is 0 Å². The second-order valence-corrected chi connectivity index (χ2v) is 7.92. The van der Waals surface area contributed by atoms with Gasteiger partial charge in [-0.15, -0.1) is 10.2 Å². The molecule has 1 aromatic heterocycles. The lowest BCUT2D eigenvalue weighted by atomic mass is 10.1. The Balaban J connectivity index is 1.92. The number of nitrogens with one attached hydrogen (secondary N) is 1. The van der Waals surface area contributed by atoms with Crippen LogP contribution in [0.3, 0.4) is 0 Å². The summed E-state index contributed by atoms with van der Waals surface area (Å²) in [4.78, 5) is 4.48. The minimum atomic E-state index is -0.621. The molecule has 1 N–H and O–H groups in total. The topological polar surface area (TPSA) is 59.9 Å². The van der Waals surface area contributed by atoms with Crippen molar-refractivity contribution < 1.29 is 4.74 Å². The molecule has 0 saturated carbocycles. The summed E-state index contributed by atoms with van der Waals surface area (Å²) in [5.41, 5.74) is 2.84. The van der Waals surface area contributed by atoms with Crippen molar-refractivity contribution in [1.82, 2.24) is 15.2 Å².